The van der Waals surface area contributed by atoms with Gasteiger partial charge in [0.15, 0.2) is 0 Å². The average Bonchev–Trinajstić information content (AvgIpc) is 2.94. The first-order valence-corrected chi connectivity index (χ1v) is 9.75. The van der Waals surface area contributed by atoms with Gasteiger partial charge in [-0.25, -0.2) is 0 Å². The Kier molecular flexibility index (Phi) is 4.97. The summed E-state index contributed by atoms with van der Waals surface area (Å²) < 4.78 is 6.54. The van der Waals surface area contributed by atoms with Crippen molar-refractivity contribution >= 4 is 51.1 Å². The Labute approximate surface area is 167 Å². The molecule has 3 nitrogen and oxygen atoms in total. The van der Waals surface area contributed by atoms with Gasteiger partial charge in [-0.1, -0.05) is 78.6 Å². The number of carbonyl (C=O) groups is 1. The lowest BCUT2D eigenvalue weighted by atomic mass is 10.1. The van der Waals surface area contributed by atoms with Crippen LogP contribution in [0.3, 0.4) is 0 Å². The number of hydrogen-bond donors (Lipinski definition) is 0. The van der Waals surface area contributed by atoms with E-state index < -0.39 is 0 Å². The number of fused-ring (bicyclic) bond motifs is 1. The third-order valence-electron chi connectivity index (χ3n) is 4.44. The molecule has 0 atom stereocenters. The van der Waals surface area contributed by atoms with Gasteiger partial charge < -0.3 is 4.74 Å². The lowest BCUT2D eigenvalue weighted by Gasteiger charge is -2.09. The molecule has 134 valence electrons. The first kappa shape index (κ1) is 17.8. The number of benzene rings is 3. The zero-order valence-corrected chi connectivity index (χ0v) is 16.3. The molecule has 1 heterocycles. The average molecular weight is 392 g/mol. The van der Waals surface area contributed by atoms with E-state index in [0.717, 1.165) is 16.9 Å². The summed E-state index contributed by atoms with van der Waals surface area (Å²) >= 11 is 6.48. The highest BCUT2D eigenvalue weighted by molar-refractivity contribution is 8.26. The van der Waals surface area contributed by atoms with Gasteiger partial charge >= 0.3 is 0 Å². The number of amides is 1. The molecule has 0 aromatic heterocycles. The van der Waals surface area contributed by atoms with E-state index in [0.29, 0.717) is 15.8 Å². The minimum atomic E-state index is -0.0544. The van der Waals surface area contributed by atoms with Crippen LogP contribution in [0.1, 0.15) is 11.1 Å². The predicted molar refractivity (Wildman–Crippen MR) is 116 cm³/mol. The fourth-order valence-electron chi connectivity index (χ4n) is 2.94. The molecule has 1 aliphatic rings. The van der Waals surface area contributed by atoms with Crippen LogP contribution < -0.4 is 4.74 Å². The number of ether oxygens (including phenoxy) is 1. The van der Waals surface area contributed by atoms with Crippen molar-refractivity contribution in [2.75, 3.05) is 7.05 Å². The molecule has 1 saturated heterocycles. The van der Waals surface area contributed by atoms with E-state index in [1.807, 2.05) is 48.5 Å². The van der Waals surface area contributed by atoms with Crippen LogP contribution in [0.5, 0.6) is 5.75 Å². The van der Waals surface area contributed by atoms with E-state index in [9.17, 15) is 4.79 Å². The summed E-state index contributed by atoms with van der Waals surface area (Å²) in [6, 6.07) is 22.3. The molecule has 5 heteroatoms. The number of thioether (sulfide) groups is 1. The van der Waals surface area contributed by atoms with Crippen molar-refractivity contribution in [2.24, 2.45) is 0 Å². The maximum Gasteiger partial charge on any atom is 0.265 e. The number of hydrogen-bond acceptors (Lipinski definition) is 4. The van der Waals surface area contributed by atoms with Crippen LogP contribution in [-0.2, 0) is 11.4 Å². The minimum absolute atomic E-state index is 0.0544. The minimum Gasteiger partial charge on any atom is -0.489 e. The third-order valence-corrected chi connectivity index (χ3v) is 5.92. The maximum atomic E-state index is 12.1. The van der Waals surface area contributed by atoms with Crippen LogP contribution >= 0.6 is 24.0 Å². The summed E-state index contributed by atoms with van der Waals surface area (Å²) in [6.07, 6.45) is 1.86. The lowest BCUT2D eigenvalue weighted by Crippen LogP contribution is -2.22. The summed E-state index contributed by atoms with van der Waals surface area (Å²) in [5.74, 6) is 0.740. The Morgan fingerprint density at radius 3 is 2.52 bits per heavy atom. The Bertz CT molecular complexity index is 1050. The van der Waals surface area contributed by atoms with Crippen LogP contribution in [0.2, 0.25) is 0 Å². The Morgan fingerprint density at radius 1 is 1.04 bits per heavy atom. The topological polar surface area (TPSA) is 29.5 Å². The smallest absolute Gasteiger partial charge is 0.265 e. The maximum absolute atomic E-state index is 12.1. The zero-order valence-electron chi connectivity index (χ0n) is 14.7. The van der Waals surface area contributed by atoms with Gasteiger partial charge in [-0.2, -0.15) is 0 Å². The summed E-state index contributed by atoms with van der Waals surface area (Å²) in [4.78, 5) is 14.2. The molecular formula is C22H17NO2S2. The molecular weight excluding hydrogens is 374 g/mol. The van der Waals surface area contributed by atoms with E-state index in [-0.39, 0.29) is 5.91 Å². The van der Waals surface area contributed by atoms with Gasteiger partial charge in [0.2, 0.25) is 0 Å². The first-order chi connectivity index (χ1) is 13.1. The van der Waals surface area contributed by atoms with Crippen LogP contribution in [0, 0.1) is 0 Å². The van der Waals surface area contributed by atoms with Crippen molar-refractivity contribution in [1.82, 2.24) is 4.90 Å². The second kappa shape index (κ2) is 7.55. The number of carbonyl (C=O) groups excluding carboxylic acids is 1. The lowest BCUT2D eigenvalue weighted by molar-refractivity contribution is -0.121. The Morgan fingerprint density at radius 2 is 1.78 bits per heavy atom. The highest BCUT2D eigenvalue weighted by Crippen LogP contribution is 2.31. The first-order valence-electron chi connectivity index (χ1n) is 8.53. The fraction of sp³-hybridized carbons (Fsp3) is 0.0909. The zero-order chi connectivity index (χ0) is 18.8. The molecule has 1 fully saturated rings. The molecule has 27 heavy (non-hydrogen) atoms. The summed E-state index contributed by atoms with van der Waals surface area (Å²) in [5, 5.41) is 2.42. The normalized spacial score (nSPS) is 15.7. The Balaban J connectivity index is 1.47. The van der Waals surface area contributed by atoms with Crippen LogP contribution in [0.15, 0.2) is 71.6 Å². The molecule has 0 N–H and O–H groups in total. The van der Waals surface area contributed by atoms with Crippen molar-refractivity contribution in [2.45, 2.75) is 6.61 Å². The largest absolute Gasteiger partial charge is 0.489 e. The molecule has 3 aromatic rings. The molecule has 0 unspecified atom stereocenters. The number of rotatable bonds is 4. The molecule has 0 bridgehead atoms. The van der Waals surface area contributed by atoms with E-state index in [2.05, 4.69) is 24.3 Å². The van der Waals surface area contributed by atoms with Crippen LogP contribution in [-0.4, -0.2) is 22.2 Å². The molecule has 4 rings (SSSR count). The van der Waals surface area contributed by atoms with E-state index in [4.69, 9.17) is 17.0 Å². The van der Waals surface area contributed by atoms with Gasteiger partial charge in [0.1, 0.15) is 16.7 Å². The highest BCUT2D eigenvalue weighted by atomic mass is 32.2. The fourth-order valence-corrected chi connectivity index (χ4v) is 4.12. The summed E-state index contributed by atoms with van der Waals surface area (Å²) in [5.41, 5.74) is 2.10. The number of thiocarbonyl (C=S) groups is 1. The van der Waals surface area contributed by atoms with Gasteiger partial charge in [-0.05, 0) is 40.1 Å². The van der Waals surface area contributed by atoms with Crippen LogP contribution in [0.4, 0.5) is 0 Å². The van der Waals surface area contributed by atoms with Gasteiger partial charge in [-0.3, -0.25) is 9.69 Å². The van der Waals surface area contributed by atoms with E-state index in [1.54, 1.807) is 7.05 Å². The van der Waals surface area contributed by atoms with Gasteiger partial charge in [0.25, 0.3) is 5.91 Å². The molecule has 0 saturated carbocycles. The summed E-state index contributed by atoms with van der Waals surface area (Å²) in [6.45, 7) is 0.509. The molecule has 0 spiro atoms. The second-order valence-electron chi connectivity index (χ2n) is 6.24. The molecule has 0 radical (unpaired) electrons. The monoisotopic (exact) mass is 391 g/mol. The van der Waals surface area contributed by atoms with Gasteiger partial charge in [0, 0.05) is 7.05 Å². The van der Waals surface area contributed by atoms with Gasteiger partial charge in [-0.15, -0.1) is 0 Å². The molecule has 0 aliphatic carbocycles. The van der Waals surface area contributed by atoms with Crippen molar-refractivity contribution < 1.29 is 9.53 Å². The van der Waals surface area contributed by atoms with Crippen molar-refractivity contribution in [3.63, 3.8) is 0 Å². The molecule has 3 aromatic carbocycles. The molecule has 1 amide bonds. The van der Waals surface area contributed by atoms with Crippen molar-refractivity contribution in [3.05, 3.63) is 82.8 Å². The summed E-state index contributed by atoms with van der Waals surface area (Å²) in [7, 11) is 1.70. The number of nitrogens with zero attached hydrogens (tertiary/aromatic N) is 1. The third kappa shape index (κ3) is 3.75. The Hall–Kier alpha value is -2.63. The number of likely N-dealkylation sites (N-methyl/N-ethyl adjacent to an activating group) is 1. The van der Waals surface area contributed by atoms with Crippen molar-refractivity contribution in [3.8, 4) is 5.75 Å². The predicted octanol–water partition coefficient (Wildman–Crippen LogP) is 5.25. The molecule has 1 aliphatic heterocycles. The van der Waals surface area contributed by atoms with Crippen molar-refractivity contribution in [1.29, 1.82) is 0 Å². The highest BCUT2D eigenvalue weighted by Gasteiger charge is 2.28. The van der Waals surface area contributed by atoms with E-state index >= 15 is 0 Å². The van der Waals surface area contributed by atoms with E-state index in [1.165, 1.54) is 27.4 Å². The van der Waals surface area contributed by atoms with Gasteiger partial charge in [0.05, 0.1) is 4.91 Å². The second-order valence-corrected chi connectivity index (χ2v) is 7.91. The standard InChI is InChI=1S/C22H17NO2S2/c1-23-21(24)20(27-22(23)26)13-15-9-11-18(12-10-15)25-14-17-7-4-6-16-5-2-3-8-19(16)17/h2-13H,14H2,1H3/b20-13+. The van der Waals surface area contributed by atoms with Crippen LogP contribution in [0.25, 0.3) is 16.8 Å². The quantitative estimate of drug-likeness (QED) is 0.449. The SMILES string of the molecule is CN1C(=O)/C(=C\c2ccc(OCc3cccc4ccccc34)cc2)SC1=S.